The fraction of sp³-hybridized carbons (Fsp3) is 0.250. The van der Waals surface area contributed by atoms with Gasteiger partial charge in [0.15, 0.2) is 0 Å². The predicted octanol–water partition coefficient (Wildman–Crippen LogP) is 3.34. The number of nitrogens with two attached hydrogens (primary N) is 1. The van der Waals surface area contributed by atoms with Crippen LogP contribution in [0.25, 0.3) is 11.5 Å². The average molecular weight is 348 g/mol. The number of carbonyl (C=O) groups is 1. The van der Waals surface area contributed by atoms with Gasteiger partial charge in [-0.2, -0.15) is 0 Å². The number of nitrogens with zero attached hydrogens (tertiary/aromatic N) is 3. The first-order valence-corrected chi connectivity index (χ1v) is 8.75. The number of benzene rings is 2. The third kappa shape index (κ3) is 3.18. The highest BCUT2D eigenvalue weighted by Gasteiger charge is 2.28. The van der Waals surface area contributed by atoms with Crippen LogP contribution in [0.15, 0.2) is 59.0 Å². The Kier molecular flexibility index (Phi) is 4.39. The molecule has 132 valence electrons. The molecule has 1 saturated heterocycles. The second-order valence-corrected chi connectivity index (χ2v) is 6.47. The normalized spacial score (nSPS) is 15.2. The molecule has 2 N–H and O–H groups in total. The molecule has 3 aromatic rings. The first kappa shape index (κ1) is 16.3. The van der Waals surface area contributed by atoms with Gasteiger partial charge in [0, 0.05) is 30.3 Å². The summed E-state index contributed by atoms with van der Waals surface area (Å²) in [6.45, 7) is 1.31. The van der Waals surface area contributed by atoms with Gasteiger partial charge in [-0.1, -0.05) is 30.3 Å². The van der Waals surface area contributed by atoms with Crippen molar-refractivity contribution in [3.05, 3.63) is 66.1 Å². The standard InChI is InChI=1S/C20H20N4O2/c21-17-9-5-4-8-16(17)20(25)24-12-10-15(11-13-24)19-23-22-18(26-19)14-6-2-1-3-7-14/h1-9,15H,10-13,21H2. The highest BCUT2D eigenvalue weighted by Crippen LogP contribution is 2.30. The molecule has 2 heterocycles. The summed E-state index contributed by atoms with van der Waals surface area (Å²) in [4.78, 5) is 14.5. The summed E-state index contributed by atoms with van der Waals surface area (Å²) in [6, 6.07) is 16.9. The summed E-state index contributed by atoms with van der Waals surface area (Å²) >= 11 is 0. The molecule has 0 bridgehead atoms. The van der Waals surface area contributed by atoms with Gasteiger partial charge in [-0.3, -0.25) is 4.79 Å². The largest absolute Gasteiger partial charge is 0.420 e. The Labute approximate surface area is 151 Å². The number of rotatable bonds is 3. The maximum Gasteiger partial charge on any atom is 0.255 e. The van der Waals surface area contributed by atoms with E-state index in [0.29, 0.717) is 36.1 Å². The van der Waals surface area contributed by atoms with Crippen molar-refractivity contribution >= 4 is 11.6 Å². The van der Waals surface area contributed by atoms with Gasteiger partial charge in [0.2, 0.25) is 11.8 Å². The number of aromatic nitrogens is 2. The van der Waals surface area contributed by atoms with Crippen molar-refractivity contribution in [1.82, 2.24) is 15.1 Å². The maximum absolute atomic E-state index is 12.6. The monoisotopic (exact) mass is 348 g/mol. The van der Waals surface area contributed by atoms with E-state index in [0.717, 1.165) is 18.4 Å². The SMILES string of the molecule is Nc1ccccc1C(=O)N1CCC(c2nnc(-c3ccccc3)o2)CC1. The van der Waals surface area contributed by atoms with Gasteiger partial charge in [-0.15, -0.1) is 10.2 Å². The van der Waals surface area contributed by atoms with Gasteiger partial charge in [0.25, 0.3) is 5.91 Å². The Bertz CT molecular complexity index is 899. The van der Waals surface area contributed by atoms with Gasteiger partial charge >= 0.3 is 0 Å². The molecule has 26 heavy (non-hydrogen) atoms. The first-order valence-electron chi connectivity index (χ1n) is 8.75. The van der Waals surface area contributed by atoms with Crippen LogP contribution >= 0.6 is 0 Å². The van der Waals surface area contributed by atoms with Crippen LogP contribution in [0.2, 0.25) is 0 Å². The highest BCUT2D eigenvalue weighted by molar-refractivity contribution is 5.99. The van der Waals surface area contributed by atoms with Crippen LogP contribution in [0.5, 0.6) is 0 Å². The lowest BCUT2D eigenvalue weighted by molar-refractivity contribution is 0.0707. The van der Waals surface area contributed by atoms with E-state index >= 15 is 0 Å². The topological polar surface area (TPSA) is 85.3 Å². The number of amides is 1. The van der Waals surface area contributed by atoms with E-state index in [9.17, 15) is 4.79 Å². The smallest absolute Gasteiger partial charge is 0.255 e. The molecule has 1 aromatic heterocycles. The van der Waals surface area contributed by atoms with Crippen LogP contribution in [-0.2, 0) is 0 Å². The van der Waals surface area contributed by atoms with Crippen molar-refractivity contribution in [3.63, 3.8) is 0 Å². The van der Waals surface area contributed by atoms with E-state index in [1.807, 2.05) is 47.4 Å². The fourth-order valence-electron chi connectivity index (χ4n) is 3.29. The molecule has 1 amide bonds. The van der Waals surface area contributed by atoms with Crippen molar-refractivity contribution in [2.24, 2.45) is 0 Å². The number of carbonyl (C=O) groups excluding carboxylic acids is 1. The van der Waals surface area contributed by atoms with Gasteiger partial charge in [-0.05, 0) is 37.1 Å². The Morgan fingerprint density at radius 2 is 1.69 bits per heavy atom. The molecule has 1 aliphatic rings. The van der Waals surface area contributed by atoms with E-state index in [2.05, 4.69) is 10.2 Å². The molecule has 1 aliphatic heterocycles. The van der Waals surface area contributed by atoms with Gasteiger partial charge in [0.05, 0.1) is 5.56 Å². The van der Waals surface area contributed by atoms with Gasteiger partial charge in [-0.25, -0.2) is 0 Å². The van der Waals surface area contributed by atoms with Crippen molar-refractivity contribution in [2.45, 2.75) is 18.8 Å². The third-order valence-electron chi connectivity index (χ3n) is 4.78. The molecule has 6 nitrogen and oxygen atoms in total. The van der Waals surface area contributed by atoms with E-state index in [1.165, 1.54) is 0 Å². The second-order valence-electron chi connectivity index (χ2n) is 6.47. The van der Waals surface area contributed by atoms with Crippen LogP contribution in [0, 0.1) is 0 Å². The van der Waals surface area contributed by atoms with Crippen molar-refractivity contribution in [2.75, 3.05) is 18.8 Å². The Morgan fingerprint density at radius 1 is 1.00 bits per heavy atom. The number of para-hydroxylation sites is 1. The molecule has 2 aromatic carbocycles. The number of hydrogen-bond acceptors (Lipinski definition) is 5. The van der Waals surface area contributed by atoms with Crippen molar-refractivity contribution in [1.29, 1.82) is 0 Å². The summed E-state index contributed by atoms with van der Waals surface area (Å²) in [5.74, 6) is 1.35. The summed E-state index contributed by atoms with van der Waals surface area (Å²) in [7, 11) is 0. The van der Waals surface area contributed by atoms with Gasteiger partial charge in [0.1, 0.15) is 0 Å². The number of anilines is 1. The lowest BCUT2D eigenvalue weighted by atomic mass is 9.96. The van der Waals surface area contributed by atoms with Crippen LogP contribution in [0.1, 0.15) is 35.0 Å². The molecule has 0 unspecified atom stereocenters. The Hall–Kier alpha value is -3.15. The lowest BCUT2D eigenvalue weighted by Gasteiger charge is -2.30. The molecule has 6 heteroatoms. The molecular weight excluding hydrogens is 328 g/mol. The molecule has 0 radical (unpaired) electrons. The van der Waals surface area contributed by atoms with Gasteiger partial charge < -0.3 is 15.1 Å². The first-order chi connectivity index (χ1) is 12.7. The molecule has 0 atom stereocenters. The molecule has 4 rings (SSSR count). The lowest BCUT2D eigenvalue weighted by Crippen LogP contribution is -2.38. The third-order valence-corrected chi connectivity index (χ3v) is 4.78. The fourth-order valence-corrected chi connectivity index (χ4v) is 3.29. The minimum absolute atomic E-state index is 0.0166. The minimum atomic E-state index is -0.0166. The number of nitrogen functional groups attached to an aromatic ring is 1. The summed E-state index contributed by atoms with van der Waals surface area (Å²) < 4.78 is 5.86. The number of likely N-dealkylation sites (tertiary alicyclic amines) is 1. The van der Waals surface area contributed by atoms with E-state index in [1.54, 1.807) is 12.1 Å². The van der Waals surface area contributed by atoms with E-state index in [-0.39, 0.29) is 11.8 Å². The zero-order chi connectivity index (χ0) is 17.9. The zero-order valence-electron chi connectivity index (χ0n) is 14.3. The number of hydrogen-bond donors (Lipinski definition) is 1. The minimum Gasteiger partial charge on any atom is -0.420 e. The number of piperidine rings is 1. The van der Waals surface area contributed by atoms with E-state index < -0.39 is 0 Å². The molecular formula is C20H20N4O2. The average Bonchev–Trinajstić information content (AvgIpc) is 3.19. The Morgan fingerprint density at radius 3 is 2.42 bits per heavy atom. The summed E-state index contributed by atoms with van der Waals surface area (Å²) in [6.07, 6.45) is 1.60. The van der Waals surface area contributed by atoms with Crippen molar-refractivity contribution < 1.29 is 9.21 Å². The second kappa shape index (κ2) is 7.00. The van der Waals surface area contributed by atoms with Crippen LogP contribution < -0.4 is 5.73 Å². The van der Waals surface area contributed by atoms with Crippen LogP contribution in [-0.4, -0.2) is 34.1 Å². The van der Waals surface area contributed by atoms with Crippen LogP contribution in [0.3, 0.4) is 0 Å². The molecule has 0 aliphatic carbocycles. The molecule has 0 saturated carbocycles. The highest BCUT2D eigenvalue weighted by atomic mass is 16.4. The van der Waals surface area contributed by atoms with Crippen molar-refractivity contribution in [3.8, 4) is 11.5 Å². The Balaban J connectivity index is 1.42. The zero-order valence-corrected chi connectivity index (χ0v) is 14.3. The van der Waals surface area contributed by atoms with E-state index in [4.69, 9.17) is 10.2 Å². The molecule has 0 spiro atoms. The predicted molar refractivity (Wildman–Crippen MR) is 98.5 cm³/mol. The molecule has 1 fully saturated rings. The maximum atomic E-state index is 12.6. The summed E-state index contributed by atoms with van der Waals surface area (Å²) in [5.41, 5.74) is 7.92. The quantitative estimate of drug-likeness (QED) is 0.734. The van der Waals surface area contributed by atoms with Crippen LogP contribution in [0.4, 0.5) is 5.69 Å². The summed E-state index contributed by atoms with van der Waals surface area (Å²) in [5, 5.41) is 8.38.